The molecule has 1 aliphatic carbocycles. The van der Waals surface area contributed by atoms with E-state index in [4.69, 9.17) is 9.84 Å². The van der Waals surface area contributed by atoms with E-state index in [1.54, 1.807) is 0 Å². The third-order valence-electron chi connectivity index (χ3n) is 6.40. The van der Waals surface area contributed by atoms with Gasteiger partial charge in [0.05, 0.1) is 0 Å². The van der Waals surface area contributed by atoms with E-state index in [1.807, 2.05) is 0 Å². The SMILES string of the molecule is O=C(O)CCCCCCCCCCCCC(=O)OCC1c2ccccc2-c2ccccc21. The highest BCUT2D eigenvalue weighted by Gasteiger charge is 2.28. The lowest BCUT2D eigenvalue weighted by Crippen LogP contribution is -2.12. The van der Waals surface area contributed by atoms with Crippen LogP contribution >= 0.6 is 0 Å². The molecule has 0 aliphatic heterocycles. The number of benzene rings is 2. The number of carbonyl (C=O) groups excluding carboxylic acids is 1. The Hall–Kier alpha value is -2.62. The first-order valence-corrected chi connectivity index (χ1v) is 12.2. The predicted molar refractivity (Wildman–Crippen MR) is 128 cm³/mol. The zero-order valence-electron chi connectivity index (χ0n) is 19.1. The predicted octanol–water partition coefficient (Wildman–Crippen LogP) is 7.11. The Morgan fingerprint density at radius 3 is 1.59 bits per heavy atom. The molecule has 0 atom stereocenters. The summed E-state index contributed by atoms with van der Waals surface area (Å²) in [6.45, 7) is 0.416. The molecule has 0 bridgehead atoms. The Bertz CT molecular complexity index is 828. The summed E-state index contributed by atoms with van der Waals surface area (Å²) in [7, 11) is 0. The van der Waals surface area contributed by atoms with Crippen molar-refractivity contribution in [2.75, 3.05) is 6.61 Å². The average Bonchev–Trinajstić information content (AvgIpc) is 3.12. The number of carboxylic acid groups (broad SMARTS) is 1. The Labute approximate surface area is 192 Å². The maximum Gasteiger partial charge on any atom is 0.305 e. The second-order valence-electron chi connectivity index (χ2n) is 8.84. The van der Waals surface area contributed by atoms with Gasteiger partial charge >= 0.3 is 11.9 Å². The van der Waals surface area contributed by atoms with Gasteiger partial charge in [0.2, 0.25) is 0 Å². The number of ether oxygens (including phenoxy) is 1. The molecule has 172 valence electrons. The molecule has 4 nitrogen and oxygen atoms in total. The van der Waals surface area contributed by atoms with Crippen molar-refractivity contribution in [1.29, 1.82) is 0 Å². The highest BCUT2D eigenvalue weighted by atomic mass is 16.5. The van der Waals surface area contributed by atoms with Gasteiger partial charge in [-0.25, -0.2) is 0 Å². The summed E-state index contributed by atoms with van der Waals surface area (Å²) in [5.74, 6) is -0.646. The van der Waals surface area contributed by atoms with E-state index in [0.717, 1.165) is 38.5 Å². The summed E-state index contributed by atoms with van der Waals surface area (Å²) in [5, 5.41) is 8.61. The van der Waals surface area contributed by atoms with E-state index in [9.17, 15) is 9.59 Å². The molecule has 0 unspecified atom stereocenters. The summed E-state index contributed by atoms with van der Waals surface area (Å²) < 4.78 is 5.67. The van der Waals surface area contributed by atoms with Crippen molar-refractivity contribution >= 4 is 11.9 Å². The van der Waals surface area contributed by atoms with Gasteiger partial charge in [-0.05, 0) is 35.1 Å². The van der Waals surface area contributed by atoms with Crippen LogP contribution in [-0.2, 0) is 14.3 Å². The number of unbranched alkanes of at least 4 members (excludes halogenated alkanes) is 9. The number of hydrogen-bond donors (Lipinski definition) is 1. The normalized spacial score (nSPS) is 12.4. The van der Waals surface area contributed by atoms with E-state index in [1.165, 1.54) is 47.9 Å². The highest BCUT2D eigenvalue weighted by molar-refractivity contribution is 5.79. The molecular formula is C28H36O4. The minimum absolute atomic E-state index is 0.0896. The molecule has 0 fully saturated rings. The number of carbonyl (C=O) groups is 2. The van der Waals surface area contributed by atoms with Crippen LogP contribution in [0, 0.1) is 0 Å². The maximum absolute atomic E-state index is 12.3. The first kappa shape index (κ1) is 24.0. The van der Waals surface area contributed by atoms with Crippen LogP contribution in [0.5, 0.6) is 0 Å². The van der Waals surface area contributed by atoms with Gasteiger partial charge in [-0.15, -0.1) is 0 Å². The fraction of sp³-hybridized carbons (Fsp3) is 0.500. The summed E-state index contributed by atoms with van der Waals surface area (Å²) in [4.78, 5) is 22.7. The highest BCUT2D eigenvalue weighted by Crippen LogP contribution is 2.44. The first-order valence-electron chi connectivity index (χ1n) is 12.2. The van der Waals surface area contributed by atoms with Crippen LogP contribution in [0.25, 0.3) is 11.1 Å². The summed E-state index contributed by atoms with van der Waals surface area (Å²) in [6, 6.07) is 16.8. The molecule has 32 heavy (non-hydrogen) atoms. The lowest BCUT2D eigenvalue weighted by atomic mass is 9.98. The van der Waals surface area contributed by atoms with E-state index in [0.29, 0.717) is 19.4 Å². The summed E-state index contributed by atoms with van der Waals surface area (Å²) in [6.07, 6.45) is 11.7. The summed E-state index contributed by atoms with van der Waals surface area (Å²) in [5.41, 5.74) is 5.01. The third kappa shape index (κ3) is 7.22. The molecule has 0 saturated carbocycles. The molecule has 4 heteroatoms. The molecular weight excluding hydrogens is 400 g/mol. The molecule has 2 aromatic rings. The maximum atomic E-state index is 12.3. The summed E-state index contributed by atoms with van der Waals surface area (Å²) >= 11 is 0. The second kappa shape index (κ2) is 13.0. The smallest absolute Gasteiger partial charge is 0.305 e. The van der Waals surface area contributed by atoms with Crippen LogP contribution in [0.3, 0.4) is 0 Å². The Balaban J connectivity index is 1.24. The average molecular weight is 437 g/mol. The van der Waals surface area contributed by atoms with Crippen molar-refractivity contribution in [3.63, 3.8) is 0 Å². The van der Waals surface area contributed by atoms with Crippen LogP contribution in [-0.4, -0.2) is 23.7 Å². The van der Waals surface area contributed by atoms with Gasteiger partial charge in [0.25, 0.3) is 0 Å². The Kier molecular flexibility index (Phi) is 9.80. The minimum Gasteiger partial charge on any atom is -0.481 e. The fourth-order valence-electron chi connectivity index (χ4n) is 4.65. The van der Waals surface area contributed by atoms with E-state index >= 15 is 0 Å². The number of carboxylic acids is 1. The standard InChI is InChI=1S/C28H36O4/c29-27(30)19-9-7-5-3-1-2-4-6-8-10-20-28(31)32-21-26-24-17-13-11-15-22(24)23-16-12-14-18-25(23)26/h11-18,26H,1-10,19-21H2,(H,29,30). The van der Waals surface area contributed by atoms with Crippen LogP contribution in [0.1, 0.15) is 94.1 Å². The molecule has 0 amide bonds. The van der Waals surface area contributed by atoms with Gasteiger partial charge in [0.15, 0.2) is 0 Å². The second-order valence-corrected chi connectivity index (χ2v) is 8.84. The topological polar surface area (TPSA) is 63.6 Å². The number of hydrogen-bond acceptors (Lipinski definition) is 3. The molecule has 0 aromatic heterocycles. The van der Waals surface area contributed by atoms with E-state index in [-0.39, 0.29) is 11.9 Å². The zero-order chi connectivity index (χ0) is 22.6. The van der Waals surface area contributed by atoms with Crippen molar-refractivity contribution in [3.05, 3.63) is 59.7 Å². The van der Waals surface area contributed by atoms with Gasteiger partial charge in [-0.3, -0.25) is 9.59 Å². The molecule has 1 N–H and O–H groups in total. The van der Waals surface area contributed by atoms with Gasteiger partial charge in [0, 0.05) is 18.8 Å². The lowest BCUT2D eigenvalue weighted by molar-refractivity contribution is -0.144. The molecule has 0 heterocycles. The van der Waals surface area contributed by atoms with Gasteiger partial charge < -0.3 is 9.84 Å². The van der Waals surface area contributed by atoms with Gasteiger partial charge in [-0.1, -0.05) is 99.9 Å². The lowest BCUT2D eigenvalue weighted by Gasteiger charge is -2.14. The molecule has 0 radical (unpaired) electrons. The first-order chi connectivity index (χ1) is 15.7. The number of rotatable bonds is 15. The number of aliphatic carboxylic acids is 1. The Morgan fingerprint density at radius 2 is 1.09 bits per heavy atom. The van der Waals surface area contributed by atoms with Gasteiger partial charge in [-0.2, -0.15) is 0 Å². The number of fused-ring (bicyclic) bond motifs is 3. The van der Waals surface area contributed by atoms with Crippen LogP contribution in [0.2, 0.25) is 0 Å². The van der Waals surface area contributed by atoms with Crippen molar-refractivity contribution in [2.45, 2.75) is 83.0 Å². The van der Waals surface area contributed by atoms with Crippen molar-refractivity contribution < 1.29 is 19.4 Å². The molecule has 3 rings (SSSR count). The van der Waals surface area contributed by atoms with Crippen molar-refractivity contribution in [1.82, 2.24) is 0 Å². The molecule has 1 aliphatic rings. The fourth-order valence-corrected chi connectivity index (χ4v) is 4.65. The quantitative estimate of drug-likeness (QED) is 0.239. The van der Waals surface area contributed by atoms with Crippen LogP contribution < -0.4 is 0 Å². The minimum atomic E-state index is -0.692. The van der Waals surface area contributed by atoms with Crippen molar-refractivity contribution in [2.24, 2.45) is 0 Å². The van der Waals surface area contributed by atoms with Crippen LogP contribution in [0.4, 0.5) is 0 Å². The largest absolute Gasteiger partial charge is 0.481 e. The van der Waals surface area contributed by atoms with E-state index < -0.39 is 5.97 Å². The van der Waals surface area contributed by atoms with Gasteiger partial charge in [0.1, 0.15) is 6.61 Å². The Morgan fingerprint density at radius 1 is 0.656 bits per heavy atom. The third-order valence-corrected chi connectivity index (χ3v) is 6.40. The molecule has 0 spiro atoms. The van der Waals surface area contributed by atoms with E-state index in [2.05, 4.69) is 48.5 Å². The molecule has 0 saturated heterocycles. The molecule has 2 aromatic carbocycles. The number of esters is 1. The van der Waals surface area contributed by atoms with Crippen molar-refractivity contribution in [3.8, 4) is 11.1 Å². The zero-order valence-corrected chi connectivity index (χ0v) is 19.1. The van der Waals surface area contributed by atoms with Crippen LogP contribution in [0.15, 0.2) is 48.5 Å². The monoisotopic (exact) mass is 436 g/mol.